The molecule has 2 N–H and O–H groups in total. The fraction of sp³-hybridized carbons (Fsp3) is 0. The molecule has 0 fully saturated rings. The van der Waals surface area contributed by atoms with Crippen LogP contribution in [0, 0.1) is 5.82 Å². The molecule has 0 amide bonds. The van der Waals surface area contributed by atoms with E-state index >= 15 is 0 Å². The summed E-state index contributed by atoms with van der Waals surface area (Å²) in [6.07, 6.45) is 1.73. The summed E-state index contributed by atoms with van der Waals surface area (Å²) >= 11 is 0. The number of aromatic nitrogens is 4. The van der Waals surface area contributed by atoms with E-state index in [1.807, 2.05) is 42.5 Å². The van der Waals surface area contributed by atoms with E-state index in [1.165, 1.54) is 6.07 Å². The van der Waals surface area contributed by atoms with Gasteiger partial charge in [-0.05, 0) is 30.3 Å². The summed E-state index contributed by atoms with van der Waals surface area (Å²) in [6, 6.07) is 18.5. The van der Waals surface area contributed by atoms with Gasteiger partial charge in [-0.1, -0.05) is 30.3 Å². The van der Waals surface area contributed by atoms with Crippen molar-refractivity contribution >= 4 is 21.9 Å². The summed E-state index contributed by atoms with van der Waals surface area (Å²) in [7, 11) is 0. The average molecular weight is 328 g/mol. The maximum Gasteiger partial charge on any atom is 0.139 e. The highest BCUT2D eigenvalue weighted by molar-refractivity contribution is 6.02. The Kier molecular flexibility index (Phi) is 2.94. The number of rotatable bonds is 2. The van der Waals surface area contributed by atoms with E-state index in [0.717, 1.165) is 33.1 Å². The van der Waals surface area contributed by atoms with Crippen LogP contribution in [0.25, 0.3) is 44.5 Å². The van der Waals surface area contributed by atoms with Gasteiger partial charge in [0.15, 0.2) is 0 Å². The lowest BCUT2D eigenvalue weighted by atomic mass is 9.95. The zero-order valence-corrected chi connectivity index (χ0v) is 13.1. The van der Waals surface area contributed by atoms with Gasteiger partial charge in [0.2, 0.25) is 0 Å². The summed E-state index contributed by atoms with van der Waals surface area (Å²) in [4.78, 5) is 8.02. The third kappa shape index (κ3) is 2.13. The molecule has 5 aromatic rings. The summed E-state index contributed by atoms with van der Waals surface area (Å²) in [6.45, 7) is 0. The molecule has 0 saturated carbocycles. The van der Waals surface area contributed by atoms with Crippen molar-refractivity contribution in [3.8, 4) is 22.5 Å². The van der Waals surface area contributed by atoms with Crippen LogP contribution in [0.5, 0.6) is 0 Å². The maximum atomic E-state index is 14.5. The van der Waals surface area contributed by atoms with Gasteiger partial charge in [0.1, 0.15) is 11.6 Å². The number of aromatic amines is 2. The van der Waals surface area contributed by atoms with Crippen LogP contribution in [0.1, 0.15) is 0 Å². The molecule has 5 rings (SSSR count). The minimum Gasteiger partial charge on any atom is -0.338 e. The molecule has 2 heterocycles. The molecule has 120 valence electrons. The molecule has 0 bridgehead atoms. The average Bonchev–Trinajstić information content (AvgIpc) is 3.28. The van der Waals surface area contributed by atoms with Crippen molar-refractivity contribution < 1.29 is 4.39 Å². The Morgan fingerprint density at radius 2 is 1.64 bits per heavy atom. The predicted molar refractivity (Wildman–Crippen MR) is 96.6 cm³/mol. The van der Waals surface area contributed by atoms with Crippen LogP contribution in [-0.4, -0.2) is 20.2 Å². The summed E-state index contributed by atoms with van der Waals surface area (Å²) in [5, 5.41) is 7.93. The van der Waals surface area contributed by atoms with Crippen molar-refractivity contribution in [2.75, 3.05) is 0 Å². The molecular formula is C20H13FN4. The highest BCUT2D eigenvalue weighted by Gasteiger charge is 2.18. The molecule has 0 saturated heterocycles. The van der Waals surface area contributed by atoms with Crippen LogP contribution in [0.3, 0.4) is 0 Å². The van der Waals surface area contributed by atoms with E-state index < -0.39 is 0 Å². The smallest absolute Gasteiger partial charge is 0.139 e. The van der Waals surface area contributed by atoms with E-state index in [-0.39, 0.29) is 5.82 Å². The lowest BCUT2D eigenvalue weighted by molar-refractivity contribution is 0.631. The zero-order valence-electron chi connectivity index (χ0n) is 13.1. The number of hydrogen-bond donors (Lipinski definition) is 2. The van der Waals surface area contributed by atoms with Gasteiger partial charge in [0, 0.05) is 22.1 Å². The van der Waals surface area contributed by atoms with Crippen LogP contribution >= 0.6 is 0 Å². The molecule has 0 radical (unpaired) electrons. The quantitative estimate of drug-likeness (QED) is 0.483. The second-order valence-corrected chi connectivity index (χ2v) is 5.90. The number of benzene rings is 3. The first kappa shape index (κ1) is 13.9. The predicted octanol–water partition coefficient (Wildman–Crippen LogP) is 4.91. The highest BCUT2D eigenvalue weighted by atomic mass is 19.1. The lowest BCUT2D eigenvalue weighted by Gasteiger charge is -2.10. The largest absolute Gasteiger partial charge is 0.338 e. The van der Waals surface area contributed by atoms with Gasteiger partial charge in [-0.2, -0.15) is 5.10 Å². The SMILES string of the molecule is Fc1ccccc1-c1c(-c2nc3ccccc3[nH]2)ccc2[nH]ncc12. The first-order valence-corrected chi connectivity index (χ1v) is 7.97. The first-order valence-electron chi connectivity index (χ1n) is 7.97. The van der Waals surface area contributed by atoms with Gasteiger partial charge >= 0.3 is 0 Å². The number of para-hydroxylation sites is 2. The molecule has 0 atom stereocenters. The molecule has 0 aliphatic rings. The third-order valence-electron chi connectivity index (χ3n) is 4.41. The van der Waals surface area contributed by atoms with Crippen molar-refractivity contribution in [2.24, 2.45) is 0 Å². The number of hydrogen-bond acceptors (Lipinski definition) is 2. The van der Waals surface area contributed by atoms with E-state index in [2.05, 4.69) is 20.2 Å². The Bertz CT molecular complexity index is 1190. The number of imidazole rings is 1. The minimum absolute atomic E-state index is 0.270. The van der Waals surface area contributed by atoms with Crippen LogP contribution in [0.4, 0.5) is 4.39 Å². The number of fused-ring (bicyclic) bond motifs is 2. The lowest BCUT2D eigenvalue weighted by Crippen LogP contribution is -1.91. The van der Waals surface area contributed by atoms with Gasteiger partial charge in [-0.15, -0.1) is 0 Å². The normalized spacial score (nSPS) is 11.4. The van der Waals surface area contributed by atoms with Gasteiger partial charge in [0.05, 0.1) is 22.7 Å². The minimum atomic E-state index is -0.270. The van der Waals surface area contributed by atoms with Crippen molar-refractivity contribution in [2.45, 2.75) is 0 Å². The topological polar surface area (TPSA) is 57.4 Å². The molecule has 0 unspecified atom stereocenters. The Balaban J connectivity index is 1.87. The summed E-state index contributed by atoms with van der Waals surface area (Å²) < 4.78 is 14.5. The molecule has 0 spiro atoms. The molecule has 0 aliphatic carbocycles. The number of nitrogens with one attached hydrogen (secondary N) is 2. The Morgan fingerprint density at radius 3 is 2.52 bits per heavy atom. The van der Waals surface area contributed by atoms with E-state index in [9.17, 15) is 4.39 Å². The van der Waals surface area contributed by atoms with Crippen molar-refractivity contribution in [3.05, 3.63) is 72.7 Å². The van der Waals surface area contributed by atoms with Crippen molar-refractivity contribution in [3.63, 3.8) is 0 Å². The van der Waals surface area contributed by atoms with E-state index in [1.54, 1.807) is 18.3 Å². The van der Waals surface area contributed by atoms with Crippen LogP contribution < -0.4 is 0 Å². The third-order valence-corrected chi connectivity index (χ3v) is 4.41. The second-order valence-electron chi connectivity index (χ2n) is 5.90. The summed E-state index contributed by atoms with van der Waals surface area (Å²) in [5.74, 6) is 0.441. The van der Waals surface area contributed by atoms with Gasteiger partial charge in [0.25, 0.3) is 0 Å². The Morgan fingerprint density at radius 1 is 0.800 bits per heavy atom. The van der Waals surface area contributed by atoms with Gasteiger partial charge in [-0.3, -0.25) is 5.10 Å². The zero-order chi connectivity index (χ0) is 16.8. The fourth-order valence-electron chi connectivity index (χ4n) is 3.25. The van der Waals surface area contributed by atoms with Crippen molar-refractivity contribution in [1.29, 1.82) is 0 Å². The molecule has 25 heavy (non-hydrogen) atoms. The second kappa shape index (κ2) is 5.27. The number of halogens is 1. The molecule has 0 aliphatic heterocycles. The number of H-pyrrole nitrogens is 2. The van der Waals surface area contributed by atoms with E-state index in [4.69, 9.17) is 0 Å². The van der Waals surface area contributed by atoms with Crippen LogP contribution in [0.15, 0.2) is 66.9 Å². The van der Waals surface area contributed by atoms with Gasteiger partial charge in [-0.25, -0.2) is 9.37 Å². The maximum absolute atomic E-state index is 14.5. The molecule has 4 nitrogen and oxygen atoms in total. The Hall–Kier alpha value is -3.47. The summed E-state index contributed by atoms with van der Waals surface area (Å²) in [5.41, 5.74) is 4.84. The van der Waals surface area contributed by atoms with Gasteiger partial charge < -0.3 is 4.98 Å². The molecule has 2 aromatic heterocycles. The molecule has 5 heteroatoms. The Labute approximate surface area is 142 Å². The van der Waals surface area contributed by atoms with E-state index in [0.29, 0.717) is 11.4 Å². The molecular weight excluding hydrogens is 315 g/mol. The van der Waals surface area contributed by atoms with Crippen molar-refractivity contribution in [1.82, 2.24) is 20.2 Å². The number of nitrogens with zero attached hydrogens (tertiary/aromatic N) is 2. The standard InChI is InChI=1S/C20H13FN4/c21-15-6-2-1-5-12(15)19-13(9-10-16-14(19)11-22-25-16)20-23-17-7-3-4-8-18(17)24-20/h1-11H,(H,22,25)(H,23,24). The first-order chi connectivity index (χ1) is 12.3. The monoisotopic (exact) mass is 328 g/mol. The highest BCUT2D eigenvalue weighted by Crippen LogP contribution is 2.38. The molecule has 3 aromatic carbocycles. The van der Waals surface area contributed by atoms with Crippen LogP contribution in [0.2, 0.25) is 0 Å². The fourth-order valence-corrected chi connectivity index (χ4v) is 3.25. The van der Waals surface area contributed by atoms with Crippen LogP contribution in [-0.2, 0) is 0 Å².